The topological polar surface area (TPSA) is 46.5 Å². The summed E-state index contributed by atoms with van der Waals surface area (Å²) in [6.07, 6.45) is 0. The maximum atomic E-state index is 13.6. The summed E-state index contributed by atoms with van der Waals surface area (Å²) in [5.41, 5.74) is 0.608. The molecule has 2 aromatic carbocycles. The standard InChI is InChI=1S/C14H9BrF2O3/c1-7-2-3-8(14(18)19)4-11(7)20-12-6-9(15)5-10(16)13(12)17/h2-6H,1H3,(H,18,19). The van der Waals surface area contributed by atoms with E-state index in [2.05, 4.69) is 15.9 Å². The van der Waals surface area contributed by atoms with Crippen LogP contribution in [0.25, 0.3) is 0 Å². The van der Waals surface area contributed by atoms with Gasteiger partial charge in [0.15, 0.2) is 11.6 Å². The van der Waals surface area contributed by atoms with Crippen LogP contribution in [0.3, 0.4) is 0 Å². The molecule has 104 valence electrons. The zero-order valence-corrected chi connectivity index (χ0v) is 11.9. The van der Waals surface area contributed by atoms with Gasteiger partial charge in [0.1, 0.15) is 5.75 Å². The SMILES string of the molecule is Cc1ccc(C(=O)O)cc1Oc1cc(Br)cc(F)c1F. The Morgan fingerprint density at radius 1 is 1.20 bits per heavy atom. The first-order valence-electron chi connectivity index (χ1n) is 5.55. The minimum atomic E-state index is -1.13. The number of aromatic carboxylic acids is 1. The zero-order valence-electron chi connectivity index (χ0n) is 10.3. The third-order valence-corrected chi connectivity index (χ3v) is 3.07. The Labute approximate surface area is 121 Å². The summed E-state index contributed by atoms with van der Waals surface area (Å²) in [5.74, 6) is -3.48. The van der Waals surface area contributed by atoms with Crippen LogP contribution in [0, 0.1) is 18.6 Å². The maximum Gasteiger partial charge on any atom is 0.335 e. The number of aryl methyl sites for hydroxylation is 1. The molecular weight excluding hydrogens is 334 g/mol. The Balaban J connectivity index is 2.44. The molecule has 3 nitrogen and oxygen atoms in total. The van der Waals surface area contributed by atoms with Crippen LogP contribution in [0.5, 0.6) is 11.5 Å². The van der Waals surface area contributed by atoms with Crippen LogP contribution in [0.4, 0.5) is 8.78 Å². The lowest BCUT2D eigenvalue weighted by atomic mass is 10.1. The Hall–Kier alpha value is -1.95. The molecule has 0 saturated heterocycles. The van der Waals surface area contributed by atoms with Crippen LogP contribution in [-0.4, -0.2) is 11.1 Å². The third kappa shape index (κ3) is 2.96. The van der Waals surface area contributed by atoms with Gasteiger partial charge in [-0.15, -0.1) is 0 Å². The molecule has 2 aromatic rings. The second-order valence-corrected chi connectivity index (χ2v) is 5.00. The van der Waals surface area contributed by atoms with Crippen LogP contribution < -0.4 is 4.74 Å². The molecule has 0 heterocycles. The largest absolute Gasteiger partial charge is 0.478 e. The summed E-state index contributed by atoms with van der Waals surface area (Å²) in [4.78, 5) is 10.9. The average Bonchev–Trinajstić information content (AvgIpc) is 2.37. The summed E-state index contributed by atoms with van der Waals surface area (Å²) in [6.45, 7) is 1.67. The van der Waals surface area contributed by atoms with E-state index in [1.807, 2.05) is 0 Å². The van der Waals surface area contributed by atoms with Gasteiger partial charge in [0.2, 0.25) is 5.82 Å². The van der Waals surface area contributed by atoms with Crippen LogP contribution >= 0.6 is 15.9 Å². The van der Waals surface area contributed by atoms with Crippen molar-refractivity contribution in [1.29, 1.82) is 0 Å². The summed E-state index contributed by atoms with van der Waals surface area (Å²) in [7, 11) is 0. The second kappa shape index (κ2) is 5.58. The van der Waals surface area contributed by atoms with E-state index in [1.165, 1.54) is 24.3 Å². The smallest absolute Gasteiger partial charge is 0.335 e. The van der Waals surface area contributed by atoms with Crippen LogP contribution in [-0.2, 0) is 0 Å². The van der Waals surface area contributed by atoms with Gasteiger partial charge < -0.3 is 9.84 Å². The van der Waals surface area contributed by atoms with Gasteiger partial charge in [-0.2, -0.15) is 4.39 Å². The fourth-order valence-electron chi connectivity index (χ4n) is 1.57. The molecule has 0 aliphatic rings. The average molecular weight is 343 g/mol. The maximum absolute atomic E-state index is 13.6. The minimum absolute atomic E-state index is 0.00137. The molecule has 1 N–H and O–H groups in total. The first-order chi connectivity index (χ1) is 9.38. The monoisotopic (exact) mass is 342 g/mol. The minimum Gasteiger partial charge on any atom is -0.478 e. The van der Waals surface area contributed by atoms with Gasteiger partial charge in [-0.1, -0.05) is 22.0 Å². The number of carboxylic acid groups (broad SMARTS) is 1. The molecule has 20 heavy (non-hydrogen) atoms. The quantitative estimate of drug-likeness (QED) is 0.833. The Morgan fingerprint density at radius 2 is 1.90 bits per heavy atom. The van der Waals surface area contributed by atoms with Crippen molar-refractivity contribution in [2.45, 2.75) is 6.92 Å². The van der Waals surface area contributed by atoms with Crippen molar-refractivity contribution in [3.05, 3.63) is 57.6 Å². The van der Waals surface area contributed by atoms with Gasteiger partial charge in [0.25, 0.3) is 0 Å². The van der Waals surface area contributed by atoms with Gasteiger partial charge >= 0.3 is 5.97 Å². The van der Waals surface area contributed by atoms with E-state index in [0.29, 0.717) is 10.0 Å². The highest BCUT2D eigenvalue weighted by Crippen LogP contribution is 2.31. The first-order valence-corrected chi connectivity index (χ1v) is 6.34. The number of ether oxygens (including phenoxy) is 1. The zero-order chi connectivity index (χ0) is 14.9. The van der Waals surface area contributed by atoms with Crippen molar-refractivity contribution < 1.29 is 23.4 Å². The van der Waals surface area contributed by atoms with E-state index >= 15 is 0 Å². The number of carboxylic acids is 1. The lowest BCUT2D eigenvalue weighted by molar-refractivity contribution is 0.0696. The molecule has 6 heteroatoms. The van der Waals surface area contributed by atoms with Crippen molar-refractivity contribution >= 4 is 21.9 Å². The van der Waals surface area contributed by atoms with E-state index in [9.17, 15) is 13.6 Å². The van der Waals surface area contributed by atoms with E-state index < -0.39 is 17.6 Å². The van der Waals surface area contributed by atoms with Gasteiger partial charge in [-0.05, 0) is 36.8 Å². The summed E-state index contributed by atoms with van der Waals surface area (Å²) in [5, 5.41) is 8.91. The lowest BCUT2D eigenvalue weighted by Crippen LogP contribution is -1.99. The fourth-order valence-corrected chi connectivity index (χ4v) is 1.98. The Bertz CT molecular complexity index is 686. The lowest BCUT2D eigenvalue weighted by Gasteiger charge is -2.11. The van der Waals surface area contributed by atoms with Crippen LogP contribution in [0.15, 0.2) is 34.8 Å². The molecule has 0 radical (unpaired) electrons. The number of hydrogen-bond acceptors (Lipinski definition) is 2. The molecule has 0 aromatic heterocycles. The molecule has 2 rings (SSSR count). The highest BCUT2D eigenvalue weighted by atomic mass is 79.9. The molecule has 0 spiro atoms. The van der Waals surface area contributed by atoms with Crippen molar-refractivity contribution in [3.63, 3.8) is 0 Å². The van der Waals surface area contributed by atoms with Gasteiger partial charge in [0.05, 0.1) is 5.56 Å². The van der Waals surface area contributed by atoms with E-state index in [1.54, 1.807) is 6.92 Å². The number of halogens is 3. The number of rotatable bonds is 3. The van der Waals surface area contributed by atoms with E-state index in [4.69, 9.17) is 9.84 Å². The van der Waals surface area contributed by atoms with E-state index in [-0.39, 0.29) is 17.1 Å². The molecule has 0 atom stereocenters. The third-order valence-electron chi connectivity index (χ3n) is 2.61. The van der Waals surface area contributed by atoms with Crippen molar-refractivity contribution in [1.82, 2.24) is 0 Å². The van der Waals surface area contributed by atoms with E-state index in [0.717, 1.165) is 6.07 Å². The van der Waals surface area contributed by atoms with Crippen molar-refractivity contribution in [3.8, 4) is 11.5 Å². The van der Waals surface area contributed by atoms with Gasteiger partial charge in [-0.25, -0.2) is 9.18 Å². The van der Waals surface area contributed by atoms with Crippen LogP contribution in [0.1, 0.15) is 15.9 Å². The first kappa shape index (κ1) is 14.5. The molecule has 0 fully saturated rings. The Kier molecular flexibility index (Phi) is 4.04. The van der Waals surface area contributed by atoms with Gasteiger partial charge in [0, 0.05) is 4.47 Å². The molecule has 0 saturated carbocycles. The molecule has 0 unspecified atom stereocenters. The second-order valence-electron chi connectivity index (χ2n) is 4.09. The molecule has 0 aliphatic heterocycles. The molecule has 0 amide bonds. The summed E-state index contributed by atoms with van der Waals surface area (Å²) < 4.78 is 32.5. The molecular formula is C14H9BrF2O3. The highest BCUT2D eigenvalue weighted by molar-refractivity contribution is 9.10. The van der Waals surface area contributed by atoms with Crippen LogP contribution in [0.2, 0.25) is 0 Å². The normalized spacial score (nSPS) is 10.4. The Morgan fingerprint density at radius 3 is 2.55 bits per heavy atom. The molecule has 0 aliphatic carbocycles. The highest BCUT2D eigenvalue weighted by Gasteiger charge is 2.14. The molecule has 0 bridgehead atoms. The predicted octanol–water partition coefficient (Wildman–Crippen LogP) is 4.53. The number of carbonyl (C=O) groups is 1. The summed E-state index contributed by atoms with van der Waals surface area (Å²) in [6, 6.07) is 6.44. The summed E-state index contributed by atoms with van der Waals surface area (Å²) >= 11 is 3.04. The van der Waals surface area contributed by atoms with Crippen molar-refractivity contribution in [2.24, 2.45) is 0 Å². The van der Waals surface area contributed by atoms with Crippen molar-refractivity contribution in [2.75, 3.05) is 0 Å². The fraction of sp³-hybridized carbons (Fsp3) is 0.0714. The number of benzene rings is 2. The number of hydrogen-bond donors (Lipinski definition) is 1. The predicted molar refractivity (Wildman–Crippen MR) is 72.3 cm³/mol. The van der Waals surface area contributed by atoms with Gasteiger partial charge in [-0.3, -0.25) is 0 Å².